The van der Waals surface area contributed by atoms with Gasteiger partial charge in [0, 0.05) is 23.7 Å². The highest BCUT2D eigenvalue weighted by atomic mass is 16.1. The Morgan fingerprint density at radius 1 is 0.556 bits per heavy atom. The molecule has 0 heterocycles. The molecule has 2 heteroatoms. The highest BCUT2D eigenvalue weighted by Crippen LogP contribution is 2.85. The number of ketones is 2. The van der Waals surface area contributed by atoms with Crippen LogP contribution < -0.4 is 0 Å². The predicted molar refractivity (Wildman–Crippen MR) is 61.0 cm³/mol. The second-order valence-electron chi connectivity index (χ2n) is 7.91. The van der Waals surface area contributed by atoms with Gasteiger partial charge >= 0.3 is 0 Å². The number of carbonyl (C=O) groups is 2. The van der Waals surface area contributed by atoms with E-state index in [2.05, 4.69) is 12.2 Å². The Kier molecular flexibility index (Phi) is 0.908. The van der Waals surface area contributed by atoms with Crippen molar-refractivity contribution >= 4 is 11.6 Å². The summed E-state index contributed by atoms with van der Waals surface area (Å²) in [4.78, 5) is 25.4. The van der Waals surface area contributed by atoms with Gasteiger partial charge in [-0.25, -0.2) is 0 Å². The van der Waals surface area contributed by atoms with E-state index in [-0.39, 0.29) is 11.8 Å². The van der Waals surface area contributed by atoms with Gasteiger partial charge in [0.15, 0.2) is 0 Å². The smallest absolute Gasteiger partial charge is 0.140 e. The summed E-state index contributed by atoms with van der Waals surface area (Å²) in [6.45, 7) is 0. The lowest BCUT2D eigenvalue weighted by molar-refractivity contribution is -0.141. The van der Waals surface area contributed by atoms with Crippen molar-refractivity contribution < 1.29 is 9.59 Å². The quantitative estimate of drug-likeness (QED) is 0.594. The van der Waals surface area contributed by atoms with Crippen LogP contribution in [-0.2, 0) is 9.59 Å². The van der Waals surface area contributed by atoms with Gasteiger partial charge in [-0.15, -0.1) is 0 Å². The number of rotatable bonds is 0. The van der Waals surface area contributed by atoms with Gasteiger partial charge in [0.2, 0.25) is 0 Å². The monoisotopic (exact) mass is 238 g/mol. The van der Waals surface area contributed by atoms with E-state index in [1.807, 2.05) is 0 Å². The van der Waals surface area contributed by atoms with Crippen molar-refractivity contribution in [3.63, 3.8) is 0 Å². The lowest BCUT2D eigenvalue weighted by Gasteiger charge is -2.42. The normalized spacial score (nSPS) is 78.0. The van der Waals surface area contributed by atoms with Gasteiger partial charge in [-0.05, 0) is 47.3 Å². The Bertz CT molecular complexity index is 554. The molecule has 18 heavy (non-hydrogen) atoms. The molecule has 0 bridgehead atoms. The largest absolute Gasteiger partial charge is 0.299 e. The van der Waals surface area contributed by atoms with E-state index < -0.39 is 0 Å². The molecule has 0 aromatic rings. The van der Waals surface area contributed by atoms with Gasteiger partial charge < -0.3 is 0 Å². The lowest BCUT2D eigenvalue weighted by Crippen LogP contribution is -2.47. The molecule has 0 aromatic carbocycles. The van der Waals surface area contributed by atoms with Crippen molar-refractivity contribution in [3.8, 4) is 0 Å². The van der Waals surface area contributed by atoms with Gasteiger partial charge in [0.25, 0.3) is 0 Å². The third kappa shape index (κ3) is 0.466. The van der Waals surface area contributed by atoms with Crippen LogP contribution in [0.5, 0.6) is 0 Å². The summed E-state index contributed by atoms with van der Waals surface area (Å²) in [6.07, 6.45) is 4.65. The van der Waals surface area contributed by atoms with E-state index >= 15 is 0 Å². The second kappa shape index (κ2) is 1.97. The van der Waals surface area contributed by atoms with Gasteiger partial charge in [0.1, 0.15) is 11.6 Å². The van der Waals surface area contributed by atoms with Crippen molar-refractivity contribution in [2.24, 2.45) is 71.0 Å². The van der Waals surface area contributed by atoms with Crippen LogP contribution in [0.2, 0.25) is 0 Å². The van der Waals surface area contributed by atoms with Crippen LogP contribution in [0.3, 0.4) is 0 Å². The highest BCUT2D eigenvalue weighted by Gasteiger charge is 2.86. The molecule has 12 atom stereocenters. The molecule has 7 aliphatic carbocycles. The Morgan fingerprint density at radius 3 is 1.50 bits per heavy atom. The molecule has 2 nitrogen and oxygen atoms in total. The topological polar surface area (TPSA) is 34.1 Å². The van der Waals surface area contributed by atoms with Crippen molar-refractivity contribution in [2.75, 3.05) is 0 Å². The van der Waals surface area contributed by atoms with Crippen LogP contribution in [-0.4, -0.2) is 11.6 Å². The first-order valence-electron chi connectivity index (χ1n) is 7.56. The molecule has 0 radical (unpaired) electrons. The van der Waals surface area contributed by atoms with Gasteiger partial charge in [-0.1, -0.05) is 12.2 Å². The van der Waals surface area contributed by atoms with E-state index in [4.69, 9.17) is 0 Å². The van der Waals surface area contributed by atoms with Crippen LogP contribution in [0.25, 0.3) is 0 Å². The number of hydrogen-bond donors (Lipinski definition) is 0. The van der Waals surface area contributed by atoms with E-state index in [0.717, 1.165) is 5.92 Å². The first-order valence-corrected chi connectivity index (χ1v) is 7.56. The fourth-order valence-electron chi connectivity index (χ4n) is 8.50. The van der Waals surface area contributed by atoms with Crippen molar-refractivity contribution in [2.45, 2.75) is 0 Å². The standard InChI is InChI=1S/C16H14O2/c17-15-6-3-1-2-4-5(3)8-9(6)11-12-10(8)7(4)16(18)14(12)13(11)15/h1-14H/t3-,4+,5?,6-,7-,8?,9-,10+,11+,12-,13-,14+/m1/s1. The van der Waals surface area contributed by atoms with Gasteiger partial charge in [0.05, 0.1) is 0 Å². The molecule has 6 saturated carbocycles. The molecule has 2 unspecified atom stereocenters. The molecule has 0 aliphatic heterocycles. The number of carbonyl (C=O) groups excluding carboxylic acids is 2. The van der Waals surface area contributed by atoms with E-state index in [0.29, 0.717) is 64.8 Å². The summed E-state index contributed by atoms with van der Waals surface area (Å²) >= 11 is 0. The van der Waals surface area contributed by atoms with Crippen LogP contribution >= 0.6 is 0 Å². The molecule has 6 fully saturated rings. The Labute approximate surface area is 105 Å². The van der Waals surface area contributed by atoms with E-state index in [1.165, 1.54) is 0 Å². The first-order chi connectivity index (χ1) is 8.80. The summed E-state index contributed by atoms with van der Waals surface area (Å²) in [5, 5.41) is 0. The number of hydrogen-bond acceptors (Lipinski definition) is 2. The summed E-state index contributed by atoms with van der Waals surface area (Å²) in [6, 6.07) is 0. The van der Waals surface area contributed by atoms with Crippen molar-refractivity contribution in [1.29, 1.82) is 0 Å². The SMILES string of the molecule is O=C1[C@H]2[C@H]3C(=O)[C@H]4[C@H]5C6C7[C@@H](C=C[C@@H]74)[C@@H]1[C@H]6[C@H]2[C@H]35. The molecule has 7 aliphatic rings. The molecular formula is C16H14O2. The zero-order valence-electron chi connectivity index (χ0n) is 9.90. The summed E-state index contributed by atoms with van der Waals surface area (Å²) in [7, 11) is 0. The lowest BCUT2D eigenvalue weighted by atomic mass is 9.59. The average Bonchev–Trinajstić information content (AvgIpc) is 2.98. The maximum absolute atomic E-state index is 12.7. The zero-order valence-corrected chi connectivity index (χ0v) is 9.90. The van der Waals surface area contributed by atoms with Crippen LogP contribution in [0, 0.1) is 71.0 Å². The predicted octanol–water partition coefficient (Wildman–Crippen LogP) is 1.17. The third-order valence-corrected chi connectivity index (χ3v) is 8.30. The molecule has 7 rings (SSSR count). The zero-order chi connectivity index (χ0) is 11.5. The number of Topliss-reactive ketones (excluding diaryl/α,β-unsaturated/α-hetero) is 2. The fourth-order valence-corrected chi connectivity index (χ4v) is 8.50. The molecular weight excluding hydrogens is 224 g/mol. The Balaban J connectivity index is 1.65. The second-order valence-corrected chi connectivity index (χ2v) is 7.91. The van der Waals surface area contributed by atoms with Gasteiger partial charge in [-0.2, -0.15) is 0 Å². The van der Waals surface area contributed by atoms with Crippen LogP contribution in [0.1, 0.15) is 0 Å². The summed E-state index contributed by atoms with van der Waals surface area (Å²) in [5.41, 5.74) is 0. The van der Waals surface area contributed by atoms with Crippen LogP contribution in [0.15, 0.2) is 12.2 Å². The Morgan fingerprint density at radius 2 is 1.00 bits per heavy atom. The molecule has 0 amide bonds. The number of allylic oxidation sites excluding steroid dienone is 2. The molecule has 0 saturated heterocycles. The summed E-state index contributed by atoms with van der Waals surface area (Å²) < 4.78 is 0. The summed E-state index contributed by atoms with van der Waals surface area (Å²) in [5.74, 6) is 7.25. The van der Waals surface area contributed by atoms with Gasteiger partial charge in [-0.3, -0.25) is 9.59 Å². The van der Waals surface area contributed by atoms with E-state index in [9.17, 15) is 9.59 Å². The van der Waals surface area contributed by atoms with Crippen molar-refractivity contribution in [1.82, 2.24) is 0 Å². The minimum Gasteiger partial charge on any atom is -0.299 e. The molecule has 0 spiro atoms. The first kappa shape index (κ1) is 8.29. The Hall–Kier alpha value is -0.920. The maximum atomic E-state index is 12.7. The number of fused-ring (bicyclic) bond motifs is 3. The van der Waals surface area contributed by atoms with E-state index in [1.54, 1.807) is 0 Å². The van der Waals surface area contributed by atoms with Crippen molar-refractivity contribution in [3.05, 3.63) is 12.2 Å². The molecule has 90 valence electrons. The van der Waals surface area contributed by atoms with Crippen LogP contribution in [0.4, 0.5) is 0 Å². The average molecular weight is 238 g/mol. The maximum Gasteiger partial charge on any atom is 0.140 e. The third-order valence-electron chi connectivity index (χ3n) is 8.30. The minimum atomic E-state index is 0.184. The minimum absolute atomic E-state index is 0.184. The fraction of sp³-hybridized carbons (Fsp3) is 0.750. The molecule has 0 N–H and O–H groups in total. The highest BCUT2D eigenvalue weighted by molar-refractivity contribution is 6.00. The molecule has 0 aromatic heterocycles.